The highest BCUT2D eigenvalue weighted by Gasteiger charge is 2.38. The maximum absolute atomic E-state index is 6.19. The summed E-state index contributed by atoms with van der Waals surface area (Å²) in [7, 11) is 0. The van der Waals surface area contributed by atoms with Crippen LogP contribution in [0.4, 0.5) is 0 Å². The maximum atomic E-state index is 6.19. The molecule has 1 saturated carbocycles. The van der Waals surface area contributed by atoms with Gasteiger partial charge in [0.25, 0.3) is 0 Å². The molecule has 20 heavy (non-hydrogen) atoms. The van der Waals surface area contributed by atoms with E-state index in [1.54, 1.807) is 0 Å². The number of hydrogen-bond acceptors (Lipinski definition) is 3. The molecule has 0 amide bonds. The Kier molecular flexibility index (Phi) is 5.00. The predicted molar refractivity (Wildman–Crippen MR) is 84.8 cm³/mol. The average Bonchev–Trinajstić information content (AvgIpc) is 3.02. The highest BCUT2D eigenvalue weighted by molar-refractivity contribution is 4.96. The molecule has 0 atom stereocenters. The van der Waals surface area contributed by atoms with Crippen LogP contribution in [0.1, 0.15) is 57.8 Å². The Morgan fingerprint density at radius 1 is 0.850 bits per heavy atom. The first-order chi connectivity index (χ1) is 9.82. The largest absolute Gasteiger partial charge is 0.329 e. The molecule has 2 N–H and O–H groups in total. The Hall–Kier alpha value is -0.120. The van der Waals surface area contributed by atoms with Gasteiger partial charge in [-0.15, -0.1) is 0 Å². The maximum Gasteiger partial charge on any atom is 0.0331 e. The van der Waals surface area contributed by atoms with Gasteiger partial charge in [-0.25, -0.2) is 0 Å². The van der Waals surface area contributed by atoms with E-state index in [9.17, 15) is 0 Å². The first-order valence-electron chi connectivity index (χ1n) is 9.00. The fourth-order valence-electron chi connectivity index (χ4n) is 4.78. The molecule has 0 spiro atoms. The molecular weight excluding hydrogens is 246 g/mol. The third kappa shape index (κ3) is 3.20. The van der Waals surface area contributed by atoms with Gasteiger partial charge in [0.15, 0.2) is 0 Å². The lowest BCUT2D eigenvalue weighted by Crippen LogP contribution is -2.57. The van der Waals surface area contributed by atoms with E-state index in [2.05, 4.69) is 9.80 Å². The number of hydrogen-bond donors (Lipinski definition) is 1. The molecule has 2 aliphatic heterocycles. The normalized spacial score (nSPS) is 29.9. The van der Waals surface area contributed by atoms with Gasteiger partial charge in [-0.05, 0) is 70.6 Å². The van der Waals surface area contributed by atoms with E-state index < -0.39 is 0 Å². The lowest BCUT2D eigenvalue weighted by atomic mass is 9.78. The Balaban J connectivity index is 1.49. The zero-order chi connectivity index (χ0) is 13.8. The first kappa shape index (κ1) is 14.8. The zero-order valence-electron chi connectivity index (χ0n) is 13.2. The number of nitrogens with zero attached hydrogens (tertiary/aromatic N) is 2. The van der Waals surface area contributed by atoms with Crippen LogP contribution >= 0.6 is 0 Å². The van der Waals surface area contributed by atoms with Crippen LogP contribution < -0.4 is 5.73 Å². The van der Waals surface area contributed by atoms with Crippen molar-refractivity contribution in [3.63, 3.8) is 0 Å². The molecule has 116 valence electrons. The summed E-state index contributed by atoms with van der Waals surface area (Å²) in [5, 5.41) is 0. The van der Waals surface area contributed by atoms with Gasteiger partial charge >= 0.3 is 0 Å². The Morgan fingerprint density at radius 3 is 2.10 bits per heavy atom. The van der Waals surface area contributed by atoms with E-state index in [1.807, 2.05) is 0 Å². The second kappa shape index (κ2) is 6.76. The lowest BCUT2D eigenvalue weighted by molar-refractivity contribution is 0.0223. The summed E-state index contributed by atoms with van der Waals surface area (Å²) in [5.74, 6) is 0.947. The van der Waals surface area contributed by atoms with Crippen molar-refractivity contribution in [2.75, 3.05) is 39.3 Å². The smallest absolute Gasteiger partial charge is 0.0331 e. The SMILES string of the molecule is NCC1(N2CCC(CN3CCCC3)CC2)CCCCC1. The van der Waals surface area contributed by atoms with Crippen LogP contribution in [0.3, 0.4) is 0 Å². The molecule has 3 aliphatic rings. The fourth-order valence-corrected chi connectivity index (χ4v) is 4.78. The van der Waals surface area contributed by atoms with Gasteiger partial charge in [0.05, 0.1) is 0 Å². The Morgan fingerprint density at radius 2 is 1.50 bits per heavy atom. The van der Waals surface area contributed by atoms with Gasteiger partial charge in [0.1, 0.15) is 0 Å². The predicted octanol–water partition coefficient (Wildman–Crippen LogP) is 2.46. The molecule has 0 aromatic carbocycles. The molecule has 3 nitrogen and oxygen atoms in total. The van der Waals surface area contributed by atoms with E-state index in [0.717, 1.165) is 12.5 Å². The molecule has 2 saturated heterocycles. The molecule has 3 rings (SSSR count). The van der Waals surface area contributed by atoms with E-state index >= 15 is 0 Å². The second-order valence-corrected chi connectivity index (χ2v) is 7.43. The second-order valence-electron chi connectivity index (χ2n) is 7.43. The number of likely N-dealkylation sites (tertiary alicyclic amines) is 2. The van der Waals surface area contributed by atoms with Crippen LogP contribution in [0.15, 0.2) is 0 Å². The topological polar surface area (TPSA) is 32.5 Å². The van der Waals surface area contributed by atoms with Gasteiger partial charge in [0.2, 0.25) is 0 Å². The molecular formula is C17H33N3. The third-order valence-electron chi connectivity index (χ3n) is 6.16. The van der Waals surface area contributed by atoms with Crippen molar-refractivity contribution >= 4 is 0 Å². The summed E-state index contributed by atoms with van der Waals surface area (Å²) in [5.41, 5.74) is 6.56. The summed E-state index contributed by atoms with van der Waals surface area (Å²) >= 11 is 0. The standard InChI is InChI=1S/C17H33N3/c18-15-17(8-2-1-3-9-17)20-12-6-16(7-13-20)14-19-10-4-5-11-19/h16H,1-15,18H2. The summed E-state index contributed by atoms with van der Waals surface area (Å²) in [6.07, 6.45) is 12.6. The van der Waals surface area contributed by atoms with Crippen molar-refractivity contribution in [3.8, 4) is 0 Å². The van der Waals surface area contributed by atoms with E-state index in [-0.39, 0.29) is 0 Å². The van der Waals surface area contributed by atoms with Gasteiger partial charge in [-0.2, -0.15) is 0 Å². The molecule has 3 heteroatoms. The van der Waals surface area contributed by atoms with Crippen molar-refractivity contribution in [2.45, 2.75) is 63.3 Å². The minimum absolute atomic E-state index is 0.372. The van der Waals surface area contributed by atoms with Crippen LogP contribution in [0.25, 0.3) is 0 Å². The Labute approximate surface area is 124 Å². The fraction of sp³-hybridized carbons (Fsp3) is 1.00. The molecule has 0 radical (unpaired) electrons. The molecule has 2 heterocycles. The van der Waals surface area contributed by atoms with Crippen LogP contribution in [0, 0.1) is 5.92 Å². The van der Waals surface area contributed by atoms with Crippen molar-refractivity contribution in [2.24, 2.45) is 11.7 Å². The molecule has 0 aromatic heterocycles. The van der Waals surface area contributed by atoms with E-state index in [1.165, 1.54) is 90.5 Å². The van der Waals surface area contributed by atoms with Crippen molar-refractivity contribution in [3.05, 3.63) is 0 Å². The third-order valence-corrected chi connectivity index (χ3v) is 6.16. The van der Waals surface area contributed by atoms with Gasteiger partial charge in [0, 0.05) is 18.6 Å². The van der Waals surface area contributed by atoms with Crippen LogP contribution in [0.2, 0.25) is 0 Å². The highest BCUT2D eigenvalue weighted by atomic mass is 15.2. The quantitative estimate of drug-likeness (QED) is 0.858. The first-order valence-corrected chi connectivity index (χ1v) is 9.00. The summed E-state index contributed by atoms with van der Waals surface area (Å²) in [6, 6.07) is 0. The van der Waals surface area contributed by atoms with Crippen LogP contribution in [-0.2, 0) is 0 Å². The molecule has 3 fully saturated rings. The Bertz CT molecular complexity index is 285. The minimum Gasteiger partial charge on any atom is -0.329 e. The van der Waals surface area contributed by atoms with Gasteiger partial charge in [-0.3, -0.25) is 4.90 Å². The zero-order valence-corrected chi connectivity index (χ0v) is 13.2. The summed E-state index contributed by atoms with van der Waals surface area (Å²) in [6.45, 7) is 7.55. The van der Waals surface area contributed by atoms with Crippen molar-refractivity contribution in [1.29, 1.82) is 0 Å². The summed E-state index contributed by atoms with van der Waals surface area (Å²) in [4.78, 5) is 5.46. The van der Waals surface area contributed by atoms with Crippen molar-refractivity contribution in [1.82, 2.24) is 9.80 Å². The number of piperidine rings is 1. The highest BCUT2D eigenvalue weighted by Crippen LogP contribution is 2.35. The molecule has 1 aliphatic carbocycles. The summed E-state index contributed by atoms with van der Waals surface area (Å²) < 4.78 is 0. The van der Waals surface area contributed by atoms with Crippen LogP contribution in [0.5, 0.6) is 0 Å². The van der Waals surface area contributed by atoms with Crippen LogP contribution in [-0.4, -0.2) is 54.6 Å². The monoisotopic (exact) mass is 279 g/mol. The molecule has 0 unspecified atom stereocenters. The number of nitrogens with two attached hydrogens (primary N) is 1. The lowest BCUT2D eigenvalue weighted by Gasteiger charge is -2.49. The average molecular weight is 279 g/mol. The van der Waals surface area contributed by atoms with Crippen molar-refractivity contribution < 1.29 is 0 Å². The molecule has 0 bridgehead atoms. The minimum atomic E-state index is 0.372. The van der Waals surface area contributed by atoms with Gasteiger partial charge in [-0.1, -0.05) is 19.3 Å². The van der Waals surface area contributed by atoms with E-state index in [4.69, 9.17) is 5.73 Å². The molecule has 0 aromatic rings. The number of rotatable bonds is 4. The van der Waals surface area contributed by atoms with Gasteiger partial charge < -0.3 is 10.6 Å². The van der Waals surface area contributed by atoms with E-state index in [0.29, 0.717) is 5.54 Å².